The molecule has 3 heterocycles. The molecule has 0 aliphatic carbocycles. The topological polar surface area (TPSA) is 92.1 Å². The highest BCUT2D eigenvalue weighted by Crippen LogP contribution is 2.26. The van der Waals surface area contributed by atoms with Gasteiger partial charge in [0.25, 0.3) is 5.91 Å². The van der Waals surface area contributed by atoms with Crippen LogP contribution in [0.3, 0.4) is 0 Å². The average Bonchev–Trinajstić information content (AvgIpc) is 3.33. The largest absolute Gasteiger partial charge is 0.337 e. The molecule has 0 saturated heterocycles. The van der Waals surface area contributed by atoms with E-state index in [1.54, 1.807) is 17.7 Å². The maximum atomic E-state index is 11.4. The molecule has 0 unspecified atom stereocenters. The van der Waals surface area contributed by atoms with E-state index in [2.05, 4.69) is 19.9 Å². The zero-order valence-corrected chi connectivity index (χ0v) is 14.4. The number of nitrogens with zero attached hydrogens (tertiary/aromatic N) is 3. The van der Waals surface area contributed by atoms with Crippen molar-refractivity contribution in [3.05, 3.63) is 59.6 Å². The minimum atomic E-state index is -0.507. The normalized spacial score (nSPS) is 10.8. The second kappa shape index (κ2) is 8.52. The highest BCUT2D eigenvalue weighted by Gasteiger charge is 2.10. The average molecular weight is 357 g/mol. The van der Waals surface area contributed by atoms with E-state index in [4.69, 9.17) is 5.21 Å². The monoisotopic (exact) mass is 357 g/mol. The summed E-state index contributed by atoms with van der Waals surface area (Å²) in [7, 11) is 0. The first kappa shape index (κ1) is 17.3. The first-order chi connectivity index (χ1) is 12.3. The van der Waals surface area contributed by atoms with Gasteiger partial charge in [0.15, 0.2) is 0 Å². The number of hydroxylamine groups is 1. The Hall–Kier alpha value is -2.55. The van der Waals surface area contributed by atoms with Crippen LogP contribution in [0.15, 0.2) is 49.1 Å². The number of rotatable bonds is 8. The van der Waals surface area contributed by atoms with E-state index in [-0.39, 0.29) is 0 Å². The van der Waals surface area contributed by atoms with Gasteiger partial charge < -0.3 is 9.88 Å². The third-order valence-corrected chi connectivity index (χ3v) is 4.73. The first-order valence-corrected chi connectivity index (χ1v) is 8.75. The van der Waals surface area contributed by atoms with Crippen LogP contribution in [0, 0.1) is 0 Å². The van der Waals surface area contributed by atoms with Gasteiger partial charge in [0.2, 0.25) is 0 Å². The minimum Gasteiger partial charge on any atom is -0.337 e. The molecule has 130 valence electrons. The Morgan fingerprint density at radius 1 is 1.28 bits per heavy atom. The highest BCUT2D eigenvalue weighted by molar-refractivity contribution is 7.17. The van der Waals surface area contributed by atoms with E-state index in [0.717, 1.165) is 35.8 Å². The Labute approximate surface area is 149 Å². The van der Waals surface area contributed by atoms with E-state index < -0.39 is 5.91 Å². The van der Waals surface area contributed by atoms with Crippen LogP contribution < -0.4 is 10.8 Å². The van der Waals surface area contributed by atoms with Crippen LogP contribution in [-0.4, -0.2) is 32.2 Å². The quantitative estimate of drug-likeness (QED) is 0.327. The van der Waals surface area contributed by atoms with Gasteiger partial charge in [-0.2, -0.15) is 0 Å². The lowest BCUT2D eigenvalue weighted by Gasteiger charge is -2.06. The summed E-state index contributed by atoms with van der Waals surface area (Å²) in [5, 5.41) is 12.1. The van der Waals surface area contributed by atoms with Crippen LogP contribution in [0.4, 0.5) is 0 Å². The summed E-state index contributed by atoms with van der Waals surface area (Å²) in [6.07, 6.45) is 6.57. The molecule has 0 saturated carbocycles. The fraction of sp³-hybridized carbons (Fsp3) is 0.235. The van der Waals surface area contributed by atoms with Gasteiger partial charge in [-0.15, -0.1) is 11.3 Å². The van der Waals surface area contributed by atoms with Crippen molar-refractivity contribution in [1.29, 1.82) is 0 Å². The molecule has 0 atom stereocenters. The molecule has 3 rings (SSSR count). The van der Waals surface area contributed by atoms with Crippen LogP contribution in [0.2, 0.25) is 0 Å². The first-order valence-electron chi connectivity index (χ1n) is 7.93. The Morgan fingerprint density at radius 3 is 3.00 bits per heavy atom. The molecule has 0 aliphatic rings. The van der Waals surface area contributed by atoms with Crippen molar-refractivity contribution in [3.63, 3.8) is 0 Å². The molecular formula is C17H19N5O2S. The smallest absolute Gasteiger partial charge is 0.284 e. The maximum Gasteiger partial charge on any atom is 0.284 e. The molecule has 1 amide bonds. The van der Waals surface area contributed by atoms with Gasteiger partial charge in [0.1, 0.15) is 0 Å². The van der Waals surface area contributed by atoms with Crippen LogP contribution in [-0.2, 0) is 13.1 Å². The van der Waals surface area contributed by atoms with E-state index in [9.17, 15) is 4.79 Å². The molecule has 0 aliphatic heterocycles. The van der Waals surface area contributed by atoms with Gasteiger partial charge >= 0.3 is 0 Å². The second-order valence-electron chi connectivity index (χ2n) is 5.45. The number of nitrogens with one attached hydrogen (secondary N) is 2. The molecule has 25 heavy (non-hydrogen) atoms. The summed E-state index contributed by atoms with van der Waals surface area (Å²) in [5.41, 5.74) is 3.41. The third kappa shape index (κ3) is 4.72. The number of hydrogen-bond acceptors (Lipinski definition) is 6. The second-order valence-corrected chi connectivity index (χ2v) is 6.53. The van der Waals surface area contributed by atoms with Crippen molar-refractivity contribution < 1.29 is 10.0 Å². The van der Waals surface area contributed by atoms with Gasteiger partial charge in [-0.3, -0.25) is 15.0 Å². The van der Waals surface area contributed by atoms with Crippen molar-refractivity contribution in [2.45, 2.75) is 19.5 Å². The van der Waals surface area contributed by atoms with Gasteiger partial charge in [0, 0.05) is 25.5 Å². The Morgan fingerprint density at radius 2 is 2.20 bits per heavy atom. The van der Waals surface area contributed by atoms with Crippen LogP contribution >= 0.6 is 11.3 Å². The van der Waals surface area contributed by atoms with E-state index >= 15 is 0 Å². The number of thiophene rings is 1. The van der Waals surface area contributed by atoms with E-state index in [0.29, 0.717) is 11.4 Å². The van der Waals surface area contributed by atoms with Crippen LogP contribution in [0.25, 0.3) is 10.6 Å². The van der Waals surface area contributed by atoms with Crippen LogP contribution in [0.5, 0.6) is 0 Å². The summed E-state index contributed by atoms with van der Waals surface area (Å²) in [5.74, 6) is -0.507. The van der Waals surface area contributed by atoms with Crippen molar-refractivity contribution >= 4 is 17.2 Å². The molecule has 0 spiro atoms. The van der Waals surface area contributed by atoms with Gasteiger partial charge in [-0.1, -0.05) is 6.07 Å². The van der Waals surface area contributed by atoms with Gasteiger partial charge in [-0.25, -0.2) is 10.5 Å². The third-order valence-electron chi connectivity index (χ3n) is 3.63. The lowest BCUT2D eigenvalue weighted by molar-refractivity contribution is 0.0711. The summed E-state index contributed by atoms with van der Waals surface area (Å²) < 4.78 is 2.05. The number of aromatic nitrogens is 3. The standard InChI is InChI=1S/C17H19N5O2S/c23-17(21-24)16-6-5-15(25-16)14-4-1-3-13(20-14)11-18-7-2-9-22-10-8-19-12-22/h1,3-6,8,10,12,18,24H,2,7,9,11H2,(H,21,23). The molecule has 7 nitrogen and oxygen atoms in total. The summed E-state index contributed by atoms with van der Waals surface area (Å²) >= 11 is 1.29. The molecule has 0 radical (unpaired) electrons. The minimum absolute atomic E-state index is 0.447. The maximum absolute atomic E-state index is 11.4. The number of carbonyl (C=O) groups excluding carboxylic acids is 1. The number of aryl methyl sites for hydroxylation is 1. The summed E-state index contributed by atoms with van der Waals surface area (Å²) in [6, 6.07) is 9.35. The SMILES string of the molecule is O=C(NO)c1ccc(-c2cccc(CNCCCn3ccnc3)n2)s1. The van der Waals surface area contributed by atoms with Gasteiger partial charge in [0.05, 0.1) is 27.5 Å². The Kier molecular flexibility index (Phi) is 5.89. The number of hydrogen-bond donors (Lipinski definition) is 3. The van der Waals surface area contributed by atoms with Crippen molar-refractivity contribution in [2.24, 2.45) is 0 Å². The van der Waals surface area contributed by atoms with E-state index in [1.807, 2.05) is 36.8 Å². The van der Waals surface area contributed by atoms with Crippen molar-refractivity contribution in [1.82, 2.24) is 25.3 Å². The van der Waals surface area contributed by atoms with Gasteiger partial charge in [-0.05, 0) is 37.2 Å². The predicted molar refractivity (Wildman–Crippen MR) is 95.4 cm³/mol. The molecule has 0 fully saturated rings. The molecule has 3 aromatic rings. The fourth-order valence-electron chi connectivity index (χ4n) is 2.39. The lowest BCUT2D eigenvalue weighted by Crippen LogP contribution is -2.17. The number of amides is 1. The molecule has 0 bridgehead atoms. The number of pyridine rings is 1. The number of carbonyl (C=O) groups is 1. The van der Waals surface area contributed by atoms with E-state index in [1.165, 1.54) is 11.3 Å². The zero-order chi connectivity index (χ0) is 17.5. The molecule has 3 aromatic heterocycles. The van der Waals surface area contributed by atoms with Crippen molar-refractivity contribution in [3.8, 4) is 10.6 Å². The Balaban J connectivity index is 1.52. The fourth-order valence-corrected chi connectivity index (χ4v) is 3.26. The highest BCUT2D eigenvalue weighted by atomic mass is 32.1. The Bertz CT molecular complexity index is 816. The molecular weight excluding hydrogens is 338 g/mol. The predicted octanol–water partition coefficient (Wildman–Crippen LogP) is 2.31. The lowest BCUT2D eigenvalue weighted by atomic mass is 10.2. The summed E-state index contributed by atoms with van der Waals surface area (Å²) in [6.45, 7) is 2.52. The zero-order valence-electron chi connectivity index (χ0n) is 13.6. The number of imidazole rings is 1. The van der Waals surface area contributed by atoms with Crippen LogP contribution in [0.1, 0.15) is 21.8 Å². The molecule has 3 N–H and O–H groups in total. The van der Waals surface area contributed by atoms with Crippen molar-refractivity contribution in [2.75, 3.05) is 6.54 Å². The molecule has 0 aromatic carbocycles. The molecule has 8 heteroatoms. The summed E-state index contributed by atoms with van der Waals surface area (Å²) in [4.78, 5) is 21.4.